The van der Waals surface area contributed by atoms with E-state index in [0.29, 0.717) is 0 Å². The SMILES string of the molecule is CN(C)C1(c2ccccc2)CCC2(CC1)CN(c1cn(SI)c3ccccc13)C(=O)N2. The van der Waals surface area contributed by atoms with Crippen LogP contribution in [0.3, 0.4) is 0 Å². The van der Waals surface area contributed by atoms with Gasteiger partial charge < -0.3 is 5.32 Å². The van der Waals surface area contributed by atoms with E-state index in [4.69, 9.17) is 0 Å². The molecular weight excluding hydrogens is 519 g/mol. The normalized spacial score (nSPS) is 26.2. The fraction of sp³-hybridized carbons (Fsp3) is 0.375. The summed E-state index contributed by atoms with van der Waals surface area (Å²) in [7, 11) is 5.99. The minimum atomic E-state index is -0.161. The van der Waals surface area contributed by atoms with Gasteiger partial charge in [-0.1, -0.05) is 48.5 Å². The number of urea groups is 1. The Morgan fingerprint density at radius 1 is 1.00 bits per heavy atom. The van der Waals surface area contributed by atoms with Crippen LogP contribution in [-0.2, 0) is 5.54 Å². The Hall–Kier alpha value is -1.71. The van der Waals surface area contributed by atoms with Crippen LogP contribution in [0.25, 0.3) is 10.9 Å². The van der Waals surface area contributed by atoms with Gasteiger partial charge in [-0.25, -0.2) is 4.79 Å². The number of para-hydroxylation sites is 1. The van der Waals surface area contributed by atoms with Gasteiger partial charge in [0.1, 0.15) is 0 Å². The smallest absolute Gasteiger partial charge is 0.322 e. The van der Waals surface area contributed by atoms with Crippen LogP contribution in [0, 0.1) is 0 Å². The van der Waals surface area contributed by atoms with Crippen molar-refractivity contribution in [3.05, 3.63) is 66.4 Å². The van der Waals surface area contributed by atoms with Crippen LogP contribution in [0.1, 0.15) is 31.2 Å². The van der Waals surface area contributed by atoms with Crippen molar-refractivity contribution in [3.8, 4) is 0 Å². The summed E-state index contributed by atoms with van der Waals surface area (Å²) in [5, 5.41) is 4.51. The molecule has 1 N–H and O–H groups in total. The van der Waals surface area contributed by atoms with Gasteiger partial charge in [0.2, 0.25) is 0 Å². The molecular formula is C24H27IN4OS. The Morgan fingerprint density at radius 3 is 2.35 bits per heavy atom. The Bertz CT molecular complexity index is 1110. The van der Waals surface area contributed by atoms with E-state index in [1.165, 1.54) is 5.56 Å². The van der Waals surface area contributed by atoms with Crippen molar-refractivity contribution < 1.29 is 4.79 Å². The number of hydrogen-bond donors (Lipinski definition) is 1. The lowest BCUT2D eigenvalue weighted by atomic mass is 9.69. The first-order chi connectivity index (χ1) is 15.0. The minimum Gasteiger partial charge on any atom is -0.330 e. The maximum Gasteiger partial charge on any atom is 0.322 e. The molecule has 31 heavy (non-hydrogen) atoms. The summed E-state index contributed by atoms with van der Waals surface area (Å²) in [4.78, 5) is 17.5. The number of halogens is 1. The summed E-state index contributed by atoms with van der Waals surface area (Å²) in [5.74, 6) is 0. The van der Waals surface area contributed by atoms with Gasteiger partial charge in [-0.05, 0) is 51.4 Å². The zero-order valence-corrected chi connectivity index (χ0v) is 20.8. The number of amides is 2. The number of anilines is 1. The Labute approximate surface area is 199 Å². The van der Waals surface area contributed by atoms with Gasteiger partial charge in [-0.15, -0.1) is 0 Å². The summed E-state index contributed by atoms with van der Waals surface area (Å²) >= 11 is 2.29. The second-order valence-electron chi connectivity index (χ2n) is 9.01. The van der Waals surface area contributed by atoms with Crippen molar-refractivity contribution in [2.75, 3.05) is 25.5 Å². The maximum absolute atomic E-state index is 13.1. The first-order valence-electron chi connectivity index (χ1n) is 10.7. The van der Waals surface area contributed by atoms with Gasteiger partial charge in [-0.2, -0.15) is 0 Å². The van der Waals surface area contributed by atoms with E-state index in [2.05, 4.69) is 98.2 Å². The zero-order chi connectivity index (χ0) is 21.6. The van der Waals surface area contributed by atoms with Crippen LogP contribution in [0.5, 0.6) is 0 Å². The van der Waals surface area contributed by atoms with Crippen molar-refractivity contribution in [1.82, 2.24) is 14.2 Å². The van der Waals surface area contributed by atoms with Gasteiger partial charge >= 0.3 is 6.03 Å². The van der Waals surface area contributed by atoms with Gasteiger partial charge in [0.25, 0.3) is 0 Å². The lowest BCUT2D eigenvalue weighted by Gasteiger charge is -2.48. The third-order valence-electron chi connectivity index (χ3n) is 7.30. The molecule has 0 atom stereocenters. The molecule has 1 spiro atoms. The number of benzene rings is 2. The number of fused-ring (bicyclic) bond motifs is 1. The van der Waals surface area contributed by atoms with Crippen molar-refractivity contribution in [1.29, 1.82) is 0 Å². The van der Waals surface area contributed by atoms with Gasteiger partial charge in [0.15, 0.2) is 0 Å². The van der Waals surface area contributed by atoms with Crippen molar-refractivity contribution in [2.45, 2.75) is 36.8 Å². The van der Waals surface area contributed by atoms with Crippen LogP contribution < -0.4 is 10.2 Å². The molecule has 2 fully saturated rings. The highest BCUT2D eigenvalue weighted by Gasteiger charge is 2.50. The van der Waals surface area contributed by atoms with E-state index in [-0.39, 0.29) is 17.1 Å². The van der Waals surface area contributed by atoms with Gasteiger partial charge in [0, 0.05) is 47.4 Å². The standard InChI is InChI=1S/C24H27IN4OS/c1-27(2)24(18-8-4-3-5-9-18)14-12-23(13-15-24)17-28(22(30)26-23)21-16-29(31-25)20-11-7-6-10-19(20)21/h3-11,16H,12-15,17H2,1-2H3,(H,26,30). The van der Waals surface area contributed by atoms with E-state index < -0.39 is 0 Å². The number of nitrogens with zero attached hydrogens (tertiary/aromatic N) is 3. The summed E-state index contributed by atoms with van der Waals surface area (Å²) in [6, 6.07) is 19.2. The molecule has 2 heterocycles. The van der Waals surface area contributed by atoms with E-state index in [1.54, 1.807) is 9.12 Å². The second kappa shape index (κ2) is 8.01. The first-order valence-corrected chi connectivity index (χ1v) is 14.0. The Balaban J connectivity index is 1.43. The monoisotopic (exact) mass is 546 g/mol. The lowest BCUT2D eigenvalue weighted by molar-refractivity contribution is 0.0658. The third-order valence-corrected chi connectivity index (χ3v) is 9.03. The zero-order valence-electron chi connectivity index (χ0n) is 17.8. The average molecular weight is 546 g/mol. The topological polar surface area (TPSA) is 40.5 Å². The molecule has 5 rings (SSSR count). The highest BCUT2D eigenvalue weighted by molar-refractivity contribution is 14.2. The Kier molecular flexibility index (Phi) is 5.46. The number of aromatic nitrogens is 1. The van der Waals surface area contributed by atoms with Crippen LogP contribution in [0.2, 0.25) is 0 Å². The summed E-state index contributed by atoms with van der Waals surface area (Å²) in [6.45, 7) is 0.726. The van der Waals surface area contributed by atoms with E-state index in [0.717, 1.165) is 48.8 Å². The van der Waals surface area contributed by atoms with Gasteiger partial charge in [-0.3, -0.25) is 13.8 Å². The maximum atomic E-state index is 13.1. The third kappa shape index (κ3) is 3.45. The molecule has 0 unspecified atom stereocenters. The number of nitrogens with one attached hydrogen (secondary N) is 1. The van der Waals surface area contributed by atoms with Crippen molar-refractivity contribution in [2.24, 2.45) is 0 Å². The molecule has 7 heteroatoms. The molecule has 1 saturated carbocycles. The molecule has 0 radical (unpaired) electrons. The van der Waals surface area contributed by atoms with Crippen LogP contribution >= 0.6 is 30.3 Å². The molecule has 1 aliphatic carbocycles. The molecule has 1 saturated heterocycles. The first kappa shape index (κ1) is 21.2. The Morgan fingerprint density at radius 2 is 1.68 bits per heavy atom. The fourth-order valence-corrected chi connectivity index (χ4v) is 6.83. The number of carbonyl (C=O) groups is 1. The quantitative estimate of drug-likeness (QED) is 0.422. The number of carbonyl (C=O) groups excluding carboxylic acids is 1. The van der Waals surface area contributed by atoms with Crippen LogP contribution in [-0.4, -0.2) is 41.1 Å². The molecule has 1 aromatic heterocycles. The molecule has 2 amide bonds. The molecule has 3 aromatic rings. The average Bonchev–Trinajstić information content (AvgIpc) is 3.32. The van der Waals surface area contributed by atoms with Crippen molar-refractivity contribution in [3.63, 3.8) is 0 Å². The molecule has 5 nitrogen and oxygen atoms in total. The predicted molar refractivity (Wildman–Crippen MR) is 138 cm³/mol. The molecule has 1 aliphatic heterocycles. The largest absolute Gasteiger partial charge is 0.330 e. The number of rotatable bonds is 4. The van der Waals surface area contributed by atoms with E-state index >= 15 is 0 Å². The second-order valence-corrected chi connectivity index (χ2v) is 10.7. The summed E-state index contributed by atoms with van der Waals surface area (Å²) < 4.78 is 2.14. The number of hydrogen-bond acceptors (Lipinski definition) is 3. The van der Waals surface area contributed by atoms with Crippen LogP contribution in [0.15, 0.2) is 60.8 Å². The van der Waals surface area contributed by atoms with Crippen LogP contribution in [0.4, 0.5) is 10.5 Å². The summed E-state index contributed by atoms with van der Waals surface area (Å²) in [5.41, 5.74) is 3.38. The lowest BCUT2D eigenvalue weighted by Crippen LogP contribution is -2.54. The highest BCUT2D eigenvalue weighted by atomic mass is 127. The molecule has 162 valence electrons. The van der Waals surface area contributed by atoms with Gasteiger partial charge in [0.05, 0.1) is 23.3 Å². The molecule has 2 aromatic carbocycles. The van der Waals surface area contributed by atoms with E-state index in [9.17, 15) is 4.79 Å². The highest BCUT2D eigenvalue weighted by Crippen LogP contribution is 2.47. The van der Waals surface area contributed by atoms with E-state index in [1.807, 2.05) is 17.0 Å². The fourth-order valence-electron chi connectivity index (χ4n) is 5.48. The minimum absolute atomic E-state index is 0.0263. The molecule has 0 bridgehead atoms. The molecule has 2 aliphatic rings. The summed E-state index contributed by atoms with van der Waals surface area (Å²) in [6.07, 6.45) is 6.11. The predicted octanol–water partition coefficient (Wildman–Crippen LogP) is 5.79. The van der Waals surface area contributed by atoms with Crippen molar-refractivity contribution >= 4 is 52.9 Å².